The van der Waals surface area contributed by atoms with E-state index >= 15 is 0 Å². The van der Waals surface area contributed by atoms with E-state index in [0.29, 0.717) is 0 Å². The minimum absolute atomic E-state index is 0. The molecule has 0 radical (unpaired) electrons. The minimum atomic E-state index is 0. The monoisotopic (exact) mass is 65.0 g/mol. The van der Waals surface area contributed by atoms with Crippen LogP contribution in [0.3, 0.4) is 0 Å². The summed E-state index contributed by atoms with van der Waals surface area (Å²) in [5, 5.41) is 6.50. The molecule has 0 amide bonds. The fourth-order valence-corrected chi connectivity index (χ4v) is 0. The van der Waals surface area contributed by atoms with Crippen LogP contribution in [0.5, 0.6) is 0 Å². The molecule has 2 nitrogen and oxygen atoms in total. The third-order valence-corrected chi connectivity index (χ3v) is 0. The Balaban J connectivity index is -0.00000000500. The van der Waals surface area contributed by atoms with Crippen molar-refractivity contribution in [1.82, 2.24) is 0 Å². The Labute approximate surface area is 23.3 Å². The summed E-state index contributed by atoms with van der Waals surface area (Å²) in [5.74, 6) is 0. The van der Waals surface area contributed by atoms with Crippen molar-refractivity contribution in [2.45, 2.75) is 0 Å². The molecule has 0 saturated carbocycles. The lowest BCUT2D eigenvalue weighted by Crippen LogP contribution is -0.569. The number of hydrogen-bond acceptors (Lipinski definition) is 1. The third-order valence-electron chi connectivity index (χ3n) is 0. The van der Waals surface area contributed by atoms with Gasteiger partial charge in [0.05, 0.1) is 0 Å². The van der Waals surface area contributed by atoms with E-state index in [4.69, 9.17) is 5.26 Å². The van der Waals surface area contributed by atoms with Crippen LogP contribution in [0.1, 0.15) is 0 Å². The van der Waals surface area contributed by atoms with Crippen LogP contribution in [0.15, 0.2) is 0 Å². The lowest BCUT2D eigenvalue weighted by molar-refractivity contribution is 0.824. The van der Waals surface area contributed by atoms with Crippen LogP contribution in [0.25, 0.3) is 0 Å². The van der Waals surface area contributed by atoms with Crippen molar-refractivity contribution in [3.05, 3.63) is 0 Å². The van der Waals surface area contributed by atoms with Gasteiger partial charge < -0.3 is 5.48 Å². The van der Waals surface area contributed by atoms with Crippen molar-refractivity contribution < 1.29 is 10.2 Å². The molecule has 0 aliphatic rings. The second-order valence-corrected chi connectivity index (χ2v) is 0. The average molecular weight is 65.0 g/mol. The van der Waals surface area contributed by atoms with Crippen molar-refractivity contribution in [1.29, 1.82) is 5.26 Å². The van der Waals surface area contributed by atoms with Crippen LogP contribution in [-0.4, -0.2) is 5.48 Å². The zero-order chi connectivity index (χ0) is 2.00. The molecule has 26 valence electrons. The van der Waals surface area contributed by atoms with Crippen molar-refractivity contribution in [3.8, 4) is 6.57 Å². The molecular weight excluding hydrogens is 61.0 g/mol. The van der Waals surface area contributed by atoms with E-state index in [2.05, 4.69) is 6.57 Å². The van der Waals surface area contributed by atoms with Gasteiger partial charge in [-0.15, -0.1) is 0 Å². The predicted octanol–water partition coefficient (Wildman–Crippen LogP) is -0.532. The van der Waals surface area contributed by atoms with Gasteiger partial charge in [0.15, 0.2) is 0 Å². The zero-order valence-electron chi connectivity index (χ0n) is 1.93. The molecule has 0 heterocycles. The van der Waals surface area contributed by atoms with E-state index in [1.807, 2.05) is 0 Å². The molecule has 0 aliphatic heterocycles. The molecule has 0 aromatic rings. The van der Waals surface area contributed by atoms with Gasteiger partial charge >= 0.3 is 0 Å². The van der Waals surface area contributed by atoms with Crippen LogP contribution in [0.4, 0.5) is 4.70 Å². The number of nitriles is 1. The molecule has 4 heavy (non-hydrogen) atoms. The van der Waals surface area contributed by atoms with Crippen molar-refractivity contribution in [2.75, 3.05) is 0 Å². The van der Waals surface area contributed by atoms with Crippen LogP contribution >= 0.6 is 0 Å². The Kier molecular flexibility index (Phi) is 391. The molecule has 0 unspecified atom stereocenters. The normalized spacial score (nSPS) is 0.500. The predicted molar refractivity (Wildman–Crippen MR) is 12.8 cm³/mol. The Morgan fingerprint density at radius 1 is 1.25 bits per heavy atom. The SMILES string of the molecule is C#N.F.O. The number of halogens is 1. The fraction of sp³-hybridized carbons (Fsp3) is 0. The lowest BCUT2D eigenvalue weighted by atomic mass is 11.9. The van der Waals surface area contributed by atoms with Gasteiger partial charge in [-0.3, -0.25) is 4.70 Å². The highest BCUT2D eigenvalue weighted by molar-refractivity contribution is 4.03. The Morgan fingerprint density at radius 3 is 1.25 bits per heavy atom. The van der Waals surface area contributed by atoms with Crippen LogP contribution < -0.4 is 0 Å². The minimum Gasteiger partial charge on any atom is -0.412 e. The van der Waals surface area contributed by atoms with Gasteiger partial charge in [-0.05, 0) is 0 Å². The second-order valence-electron chi connectivity index (χ2n) is 0. The molecule has 0 bridgehead atoms. The van der Waals surface area contributed by atoms with E-state index in [0.717, 1.165) is 0 Å². The van der Waals surface area contributed by atoms with Gasteiger partial charge in [0.25, 0.3) is 0 Å². The summed E-state index contributed by atoms with van der Waals surface area (Å²) in [6, 6.07) is 0. The van der Waals surface area contributed by atoms with Gasteiger partial charge in [0.2, 0.25) is 0 Å². The standard InChI is InChI=1S/CHN.FH.H2O/c1-2;;/h1H;1H;1H2. The van der Waals surface area contributed by atoms with Crippen molar-refractivity contribution in [3.63, 3.8) is 0 Å². The maximum atomic E-state index is 6.50. The van der Waals surface area contributed by atoms with Crippen LogP contribution in [0, 0.1) is 11.8 Å². The zero-order valence-corrected chi connectivity index (χ0v) is 1.93. The molecule has 0 aromatic carbocycles. The summed E-state index contributed by atoms with van der Waals surface area (Å²) in [6.45, 7) is 3.50. The van der Waals surface area contributed by atoms with Crippen molar-refractivity contribution >= 4 is 0 Å². The summed E-state index contributed by atoms with van der Waals surface area (Å²) in [6.07, 6.45) is 0. The van der Waals surface area contributed by atoms with E-state index < -0.39 is 0 Å². The largest absolute Gasteiger partial charge is 0.412 e. The summed E-state index contributed by atoms with van der Waals surface area (Å²) in [5.41, 5.74) is 0. The summed E-state index contributed by atoms with van der Waals surface area (Å²) in [4.78, 5) is 0. The number of rotatable bonds is 0. The maximum Gasteiger partial charge on any atom is 0.0462 e. The van der Waals surface area contributed by atoms with E-state index in [1.54, 1.807) is 0 Å². The van der Waals surface area contributed by atoms with Gasteiger partial charge in [-0.1, -0.05) is 0 Å². The van der Waals surface area contributed by atoms with Gasteiger partial charge in [-0.2, -0.15) is 0 Å². The summed E-state index contributed by atoms with van der Waals surface area (Å²) in [7, 11) is 0. The van der Waals surface area contributed by atoms with Crippen LogP contribution in [0.2, 0.25) is 0 Å². The Hall–Kier alpha value is -0.620. The summed E-state index contributed by atoms with van der Waals surface area (Å²) >= 11 is 0. The Bertz CT molecular complexity index is 12.8. The molecule has 0 aromatic heterocycles. The average Bonchev–Trinajstić information content (AvgIpc) is 1.00. The van der Waals surface area contributed by atoms with E-state index in [1.165, 1.54) is 0 Å². The highest BCUT2D eigenvalue weighted by Crippen LogP contribution is 0.586. The van der Waals surface area contributed by atoms with Gasteiger partial charge in [0.1, 0.15) is 0 Å². The van der Waals surface area contributed by atoms with E-state index in [9.17, 15) is 0 Å². The summed E-state index contributed by atoms with van der Waals surface area (Å²) < 4.78 is 0. The number of nitrogens with zero attached hydrogens (tertiary/aromatic N) is 1. The molecule has 0 rings (SSSR count). The van der Waals surface area contributed by atoms with E-state index in [-0.39, 0.29) is 10.2 Å². The molecule has 0 saturated heterocycles. The molecule has 0 aliphatic carbocycles. The third kappa shape index (κ3) is 0.518. The Morgan fingerprint density at radius 2 is 1.25 bits per heavy atom. The smallest absolute Gasteiger partial charge is 0.0462 e. The molecule has 0 atom stereocenters. The molecule has 0 fully saturated rings. The highest BCUT2D eigenvalue weighted by atomic mass is 19.0. The number of hydrogen-bond donors (Lipinski definition) is 0. The first-order chi connectivity index (χ1) is 1.00. The first kappa shape index (κ1) is 133. The van der Waals surface area contributed by atoms with Crippen LogP contribution in [-0.2, 0) is 0 Å². The quantitative estimate of drug-likeness (QED) is 0.374. The first-order valence-electron chi connectivity index (χ1n) is 0.258. The molecule has 2 N–H and O–H groups in total. The second kappa shape index (κ2) is 11.8. The van der Waals surface area contributed by atoms with Gasteiger partial charge in [-0.25, -0.2) is 5.26 Å². The first-order valence-corrected chi connectivity index (χ1v) is 0.258. The van der Waals surface area contributed by atoms with Crippen molar-refractivity contribution in [2.24, 2.45) is 0 Å². The lowest BCUT2D eigenvalue weighted by Gasteiger charge is -0.668. The fourth-order valence-electron chi connectivity index (χ4n) is 0. The maximum absolute atomic E-state index is 6.50. The topological polar surface area (TPSA) is 55.3 Å². The molecule has 0 spiro atoms. The molecular formula is CH4FNO. The van der Waals surface area contributed by atoms with Gasteiger partial charge in [0, 0.05) is 6.57 Å². The highest BCUT2D eigenvalue weighted by Gasteiger charge is 0.513. The molecule has 3 heteroatoms.